The molecule has 27 heavy (non-hydrogen) atoms. The molecule has 0 saturated heterocycles. The number of rotatable bonds is 8. The Hall–Kier alpha value is -3.15. The lowest BCUT2D eigenvalue weighted by Gasteiger charge is -2.11. The highest BCUT2D eigenvalue weighted by Gasteiger charge is 2.24. The van der Waals surface area contributed by atoms with Crippen LogP contribution in [0.15, 0.2) is 54.6 Å². The van der Waals surface area contributed by atoms with Crippen molar-refractivity contribution in [1.29, 1.82) is 0 Å². The number of anilines is 1. The van der Waals surface area contributed by atoms with Crippen molar-refractivity contribution in [3.63, 3.8) is 0 Å². The first-order chi connectivity index (χ1) is 13.1. The topological polar surface area (TPSA) is 87.3 Å². The summed E-state index contributed by atoms with van der Waals surface area (Å²) in [6, 6.07) is 16.2. The Labute approximate surface area is 158 Å². The van der Waals surface area contributed by atoms with E-state index < -0.39 is 0 Å². The monoisotopic (exact) mass is 365 g/mol. The Morgan fingerprint density at radius 3 is 2.33 bits per heavy atom. The molecule has 0 spiro atoms. The lowest BCUT2D eigenvalue weighted by molar-refractivity contribution is -0.116. The molecular weight excluding hydrogens is 342 g/mol. The van der Waals surface area contributed by atoms with E-state index in [0.717, 1.165) is 12.8 Å². The first-order valence-corrected chi connectivity index (χ1v) is 9.16. The second kappa shape index (κ2) is 8.98. The zero-order valence-electron chi connectivity index (χ0n) is 15.0. The summed E-state index contributed by atoms with van der Waals surface area (Å²) in [5.74, 6) is -0.503. The van der Waals surface area contributed by atoms with Gasteiger partial charge in [0.25, 0.3) is 11.8 Å². The average molecular weight is 365 g/mol. The highest BCUT2D eigenvalue weighted by molar-refractivity contribution is 6.04. The van der Waals surface area contributed by atoms with Crippen molar-refractivity contribution in [3.8, 4) is 0 Å². The van der Waals surface area contributed by atoms with Crippen LogP contribution in [-0.4, -0.2) is 30.3 Å². The van der Waals surface area contributed by atoms with E-state index in [1.807, 2.05) is 6.07 Å². The van der Waals surface area contributed by atoms with Crippen LogP contribution < -0.4 is 16.0 Å². The van der Waals surface area contributed by atoms with Crippen LogP contribution in [0.2, 0.25) is 0 Å². The number of benzene rings is 2. The predicted octanol–water partition coefficient (Wildman–Crippen LogP) is 2.73. The van der Waals surface area contributed by atoms with Gasteiger partial charge in [-0.1, -0.05) is 30.3 Å². The van der Waals surface area contributed by atoms with Gasteiger partial charge in [-0.05, 0) is 43.5 Å². The Morgan fingerprint density at radius 1 is 0.889 bits per heavy atom. The lowest BCUT2D eigenvalue weighted by atomic mass is 10.1. The van der Waals surface area contributed by atoms with Gasteiger partial charge in [0.15, 0.2) is 0 Å². The van der Waals surface area contributed by atoms with Crippen molar-refractivity contribution in [3.05, 3.63) is 65.7 Å². The van der Waals surface area contributed by atoms with Crippen molar-refractivity contribution < 1.29 is 14.4 Å². The predicted molar refractivity (Wildman–Crippen MR) is 104 cm³/mol. The third-order valence-electron chi connectivity index (χ3n) is 4.26. The molecule has 140 valence electrons. The maximum atomic E-state index is 12.3. The number of hydrogen-bond donors (Lipinski definition) is 3. The van der Waals surface area contributed by atoms with Crippen LogP contribution in [0.1, 0.15) is 46.4 Å². The minimum Gasteiger partial charge on any atom is -0.352 e. The Kier molecular flexibility index (Phi) is 6.20. The van der Waals surface area contributed by atoms with Gasteiger partial charge in [0.1, 0.15) is 0 Å². The fourth-order valence-corrected chi connectivity index (χ4v) is 2.64. The maximum absolute atomic E-state index is 12.3. The molecule has 1 aliphatic carbocycles. The molecule has 1 aliphatic rings. The molecule has 3 amide bonds. The Bertz CT molecular complexity index is 816. The normalized spacial score (nSPS) is 12.9. The Morgan fingerprint density at radius 2 is 1.59 bits per heavy atom. The standard InChI is InChI=1S/C21H23N3O3/c25-19(11-6-14-22-20(26)15-7-2-1-3-8-15)24-18-10-5-4-9-17(18)21(27)23-16-12-13-16/h1-5,7-10,16H,6,11-14H2,(H,22,26)(H,23,27)(H,24,25). The molecule has 2 aromatic carbocycles. The van der Waals surface area contributed by atoms with E-state index in [-0.39, 0.29) is 30.2 Å². The molecule has 3 rings (SSSR count). The summed E-state index contributed by atoms with van der Waals surface area (Å²) in [6.45, 7) is 0.408. The quantitative estimate of drug-likeness (QED) is 0.629. The largest absolute Gasteiger partial charge is 0.352 e. The summed E-state index contributed by atoms with van der Waals surface area (Å²) in [6.07, 6.45) is 2.79. The molecule has 0 aromatic heterocycles. The van der Waals surface area contributed by atoms with Crippen molar-refractivity contribution in [1.82, 2.24) is 10.6 Å². The minimum atomic E-state index is -0.185. The van der Waals surface area contributed by atoms with Crippen LogP contribution in [-0.2, 0) is 4.79 Å². The highest BCUT2D eigenvalue weighted by atomic mass is 16.2. The zero-order chi connectivity index (χ0) is 19.1. The number of hydrogen-bond acceptors (Lipinski definition) is 3. The average Bonchev–Trinajstić information content (AvgIpc) is 3.50. The van der Waals surface area contributed by atoms with Gasteiger partial charge in [-0.15, -0.1) is 0 Å². The summed E-state index contributed by atoms with van der Waals surface area (Å²) in [5, 5.41) is 8.51. The molecular formula is C21H23N3O3. The molecule has 6 nitrogen and oxygen atoms in total. The van der Waals surface area contributed by atoms with Gasteiger partial charge in [-0.3, -0.25) is 14.4 Å². The third kappa shape index (κ3) is 5.67. The number of para-hydroxylation sites is 1. The smallest absolute Gasteiger partial charge is 0.253 e. The zero-order valence-corrected chi connectivity index (χ0v) is 15.0. The molecule has 0 bridgehead atoms. The number of nitrogens with one attached hydrogen (secondary N) is 3. The fourth-order valence-electron chi connectivity index (χ4n) is 2.64. The molecule has 3 N–H and O–H groups in total. The van der Waals surface area contributed by atoms with Crippen molar-refractivity contribution >= 4 is 23.4 Å². The summed E-state index contributed by atoms with van der Waals surface area (Å²) in [7, 11) is 0. The van der Waals surface area contributed by atoms with E-state index in [1.54, 1.807) is 48.5 Å². The summed E-state index contributed by atoms with van der Waals surface area (Å²) in [5.41, 5.74) is 1.57. The molecule has 0 atom stereocenters. The van der Waals surface area contributed by atoms with Crippen LogP contribution >= 0.6 is 0 Å². The van der Waals surface area contributed by atoms with E-state index in [2.05, 4.69) is 16.0 Å². The summed E-state index contributed by atoms with van der Waals surface area (Å²) >= 11 is 0. The van der Waals surface area contributed by atoms with Gasteiger partial charge in [0.2, 0.25) is 5.91 Å². The lowest BCUT2D eigenvalue weighted by Crippen LogP contribution is -2.27. The van der Waals surface area contributed by atoms with Gasteiger partial charge in [-0.25, -0.2) is 0 Å². The summed E-state index contributed by atoms with van der Waals surface area (Å²) < 4.78 is 0. The molecule has 2 aromatic rings. The van der Waals surface area contributed by atoms with Crippen LogP contribution in [0.25, 0.3) is 0 Å². The van der Waals surface area contributed by atoms with Crippen LogP contribution in [0.4, 0.5) is 5.69 Å². The molecule has 0 heterocycles. The number of carbonyl (C=O) groups excluding carboxylic acids is 3. The first kappa shape index (κ1) is 18.6. The van der Waals surface area contributed by atoms with Crippen LogP contribution in [0.5, 0.6) is 0 Å². The molecule has 1 saturated carbocycles. The van der Waals surface area contributed by atoms with E-state index >= 15 is 0 Å². The second-order valence-electron chi connectivity index (χ2n) is 6.57. The van der Waals surface area contributed by atoms with E-state index in [0.29, 0.717) is 29.8 Å². The fraction of sp³-hybridized carbons (Fsp3) is 0.286. The van der Waals surface area contributed by atoms with Gasteiger partial charge in [0, 0.05) is 24.6 Å². The highest BCUT2D eigenvalue weighted by Crippen LogP contribution is 2.21. The van der Waals surface area contributed by atoms with Crippen molar-refractivity contribution in [2.24, 2.45) is 0 Å². The third-order valence-corrected chi connectivity index (χ3v) is 4.26. The van der Waals surface area contributed by atoms with E-state index in [1.165, 1.54) is 0 Å². The molecule has 1 fully saturated rings. The first-order valence-electron chi connectivity index (χ1n) is 9.16. The number of carbonyl (C=O) groups is 3. The van der Waals surface area contributed by atoms with Crippen molar-refractivity contribution in [2.75, 3.05) is 11.9 Å². The van der Waals surface area contributed by atoms with Gasteiger partial charge in [-0.2, -0.15) is 0 Å². The molecule has 0 aliphatic heterocycles. The summed E-state index contributed by atoms with van der Waals surface area (Å²) in [4.78, 5) is 36.4. The second-order valence-corrected chi connectivity index (χ2v) is 6.57. The van der Waals surface area contributed by atoms with Gasteiger partial charge < -0.3 is 16.0 Å². The SMILES string of the molecule is O=C(CCCNC(=O)c1ccccc1)Nc1ccccc1C(=O)NC1CC1. The van der Waals surface area contributed by atoms with Crippen LogP contribution in [0.3, 0.4) is 0 Å². The minimum absolute atomic E-state index is 0.155. The van der Waals surface area contributed by atoms with E-state index in [9.17, 15) is 14.4 Å². The van der Waals surface area contributed by atoms with E-state index in [4.69, 9.17) is 0 Å². The maximum Gasteiger partial charge on any atom is 0.253 e. The van der Waals surface area contributed by atoms with Gasteiger partial charge >= 0.3 is 0 Å². The number of amides is 3. The van der Waals surface area contributed by atoms with Crippen LogP contribution in [0, 0.1) is 0 Å². The molecule has 0 radical (unpaired) electrons. The Balaban J connectivity index is 1.44. The molecule has 0 unspecified atom stereocenters. The van der Waals surface area contributed by atoms with Crippen molar-refractivity contribution in [2.45, 2.75) is 31.7 Å². The van der Waals surface area contributed by atoms with Gasteiger partial charge in [0.05, 0.1) is 11.3 Å². The molecule has 6 heteroatoms.